The Morgan fingerprint density at radius 1 is 1.18 bits per heavy atom. The smallest absolute Gasteiger partial charge is 0.00929 e. The van der Waals surface area contributed by atoms with Crippen LogP contribution in [-0.2, 0) is 0 Å². The van der Waals surface area contributed by atoms with Crippen molar-refractivity contribution in [3.8, 4) is 0 Å². The fourth-order valence-electron chi connectivity index (χ4n) is 2.54. The highest BCUT2D eigenvalue weighted by Gasteiger charge is 2.20. The number of hydrogen-bond acceptors (Lipinski definition) is 0. The highest BCUT2D eigenvalue weighted by atomic mass is 14.3. The molecule has 0 N–H and O–H groups in total. The highest BCUT2D eigenvalue weighted by Crippen LogP contribution is 2.39. The second kappa shape index (κ2) is 6.05. The zero-order valence-electron chi connectivity index (χ0n) is 11.9. The predicted molar refractivity (Wildman–Crippen MR) is 78.1 cm³/mol. The lowest BCUT2D eigenvalue weighted by Crippen LogP contribution is -1.93. The summed E-state index contributed by atoms with van der Waals surface area (Å²) in [5, 5.41) is 0. The van der Waals surface area contributed by atoms with Crippen molar-refractivity contribution in [2.75, 3.05) is 0 Å². The molecule has 0 aromatic heterocycles. The molecular formula is C17H26. The fourth-order valence-corrected chi connectivity index (χ4v) is 2.54. The van der Waals surface area contributed by atoms with Crippen molar-refractivity contribution in [1.82, 2.24) is 0 Å². The molecule has 0 nitrogen and oxygen atoms in total. The fraction of sp³-hybridized carbons (Fsp3) is 0.529. The maximum atomic E-state index is 4.27. The molecule has 1 aliphatic carbocycles. The largest absolute Gasteiger partial charge is 0.0995 e. The second-order valence-corrected chi connectivity index (χ2v) is 5.19. The standard InChI is InChI=1S/C17H26/c1-7-9-13(4)17-15(6)14(5)11-16(17)10-12(3)8-2/h3-4,7-11H2,1-2,5-6H3. The van der Waals surface area contributed by atoms with Crippen LogP contribution in [0.1, 0.15) is 59.8 Å². The van der Waals surface area contributed by atoms with Gasteiger partial charge in [0.15, 0.2) is 0 Å². The lowest BCUT2D eigenvalue weighted by Gasteiger charge is -2.13. The molecule has 1 aliphatic rings. The van der Waals surface area contributed by atoms with E-state index in [0.29, 0.717) is 0 Å². The Hall–Kier alpha value is -1.04. The molecule has 0 saturated heterocycles. The SMILES string of the molecule is C=C(CC)CC1=C(C(=C)CCC)C(C)=C(C)C1. The van der Waals surface area contributed by atoms with Crippen LogP contribution in [0.2, 0.25) is 0 Å². The van der Waals surface area contributed by atoms with E-state index in [-0.39, 0.29) is 0 Å². The molecule has 0 spiro atoms. The van der Waals surface area contributed by atoms with Gasteiger partial charge >= 0.3 is 0 Å². The lowest BCUT2D eigenvalue weighted by atomic mass is 9.92. The minimum atomic E-state index is 1.06. The molecular weight excluding hydrogens is 204 g/mol. The number of rotatable bonds is 6. The average Bonchev–Trinajstić information content (AvgIpc) is 2.54. The van der Waals surface area contributed by atoms with Gasteiger partial charge in [-0.2, -0.15) is 0 Å². The van der Waals surface area contributed by atoms with Crippen molar-refractivity contribution < 1.29 is 0 Å². The summed E-state index contributed by atoms with van der Waals surface area (Å²) in [5.74, 6) is 0. The zero-order chi connectivity index (χ0) is 13.0. The molecule has 17 heavy (non-hydrogen) atoms. The van der Waals surface area contributed by atoms with Crippen LogP contribution in [0, 0.1) is 0 Å². The normalized spacial score (nSPS) is 15.8. The minimum Gasteiger partial charge on any atom is -0.0995 e. The topological polar surface area (TPSA) is 0 Å². The van der Waals surface area contributed by atoms with Gasteiger partial charge in [0, 0.05) is 0 Å². The zero-order valence-corrected chi connectivity index (χ0v) is 11.9. The van der Waals surface area contributed by atoms with E-state index in [1.165, 1.54) is 34.3 Å². The summed E-state index contributed by atoms with van der Waals surface area (Å²) in [6.45, 7) is 17.3. The monoisotopic (exact) mass is 230 g/mol. The first kappa shape index (κ1) is 14.0. The number of hydrogen-bond donors (Lipinski definition) is 0. The van der Waals surface area contributed by atoms with Gasteiger partial charge in [-0.1, -0.05) is 50.1 Å². The van der Waals surface area contributed by atoms with E-state index in [9.17, 15) is 0 Å². The molecule has 0 heteroatoms. The Morgan fingerprint density at radius 2 is 1.82 bits per heavy atom. The average molecular weight is 230 g/mol. The molecule has 1 rings (SSSR count). The van der Waals surface area contributed by atoms with E-state index in [2.05, 4.69) is 40.9 Å². The van der Waals surface area contributed by atoms with Crippen molar-refractivity contribution in [2.45, 2.75) is 59.8 Å². The number of allylic oxidation sites excluding steroid dienone is 6. The molecule has 0 fully saturated rings. The van der Waals surface area contributed by atoms with Crippen molar-refractivity contribution in [3.05, 3.63) is 46.6 Å². The van der Waals surface area contributed by atoms with Gasteiger partial charge in [0.1, 0.15) is 0 Å². The van der Waals surface area contributed by atoms with Crippen molar-refractivity contribution in [1.29, 1.82) is 0 Å². The first-order chi connectivity index (χ1) is 8.01. The van der Waals surface area contributed by atoms with Gasteiger partial charge in [0.2, 0.25) is 0 Å². The van der Waals surface area contributed by atoms with Gasteiger partial charge in [-0.25, -0.2) is 0 Å². The van der Waals surface area contributed by atoms with Crippen LogP contribution in [0.25, 0.3) is 0 Å². The predicted octanol–water partition coefficient (Wildman–Crippen LogP) is 5.74. The summed E-state index contributed by atoms with van der Waals surface area (Å²) >= 11 is 0. The Balaban J connectivity index is 2.98. The summed E-state index contributed by atoms with van der Waals surface area (Å²) in [6, 6.07) is 0. The molecule has 0 radical (unpaired) electrons. The Labute approximate surface area is 107 Å². The van der Waals surface area contributed by atoms with Crippen LogP contribution in [0.4, 0.5) is 0 Å². The third kappa shape index (κ3) is 3.21. The Bertz CT molecular complexity index is 388. The van der Waals surface area contributed by atoms with Gasteiger partial charge in [-0.15, -0.1) is 0 Å². The summed E-state index contributed by atoms with van der Waals surface area (Å²) < 4.78 is 0. The molecule has 0 aromatic rings. The van der Waals surface area contributed by atoms with Crippen LogP contribution < -0.4 is 0 Å². The summed E-state index contributed by atoms with van der Waals surface area (Å²) in [7, 11) is 0. The van der Waals surface area contributed by atoms with Crippen LogP contribution in [0.15, 0.2) is 46.6 Å². The molecule has 0 heterocycles. The first-order valence-corrected chi connectivity index (χ1v) is 6.74. The molecule has 0 saturated carbocycles. The maximum absolute atomic E-state index is 4.27. The second-order valence-electron chi connectivity index (χ2n) is 5.19. The summed E-state index contributed by atoms with van der Waals surface area (Å²) in [6.07, 6.45) is 5.56. The van der Waals surface area contributed by atoms with Crippen molar-refractivity contribution in [3.63, 3.8) is 0 Å². The van der Waals surface area contributed by atoms with E-state index in [4.69, 9.17) is 0 Å². The third-order valence-electron chi connectivity index (χ3n) is 3.72. The molecule has 94 valence electrons. The van der Waals surface area contributed by atoms with Gasteiger partial charge in [-0.05, 0) is 56.3 Å². The van der Waals surface area contributed by atoms with Crippen molar-refractivity contribution in [2.24, 2.45) is 0 Å². The Morgan fingerprint density at radius 3 is 2.35 bits per heavy atom. The van der Waals surface area contributed by atoms with Crippen LogP contribution in [-0.4, -0.2) is 0 Å². The van der Waals surface area contributed by atoms with Crippen molar-refractivity contribution >= 4 is 0 Å². The lowest BCUT2D eigenvalue weighted by molar-refractivity contribution is 0.904. The van der Waals surface area contributed by atoms with E-state index < -0.39 is 0 Å². The van der Waals surface area contributed by atoms with E-state index >= 15 is 0 Å². The Kier molecular flexibility index (Phi) is 4.99. The van der Waals surface area contributed by atoms with Crippen LogP contribution >= 0.6 is 0 Å². The quantitative estimate of drug-likeness (QED) is 0.511. The van der Waals surface area contributed by atoms with E-state index in [1.807, 2.05) is 0 Å². The molecule has 0 aliphatic heterocycles. The van der Waals surface area contributed by atoms with Crippen LogP contribution in [0.5, 0.6) is 0 Å². The molecule has 0 bridgehead atoms. The van der Waals surface area contributed by atoms with E-state index in [0.717, 1.165) is 25.7 Å². The molecule has 0 unspecified atom stereocenters. The highest BCUT2D eigenvalue weighted by molar-refractivity contribution is 5.56. The molecule has 0 amide bonds. The minimum absolute atomic E-state index is 1.06. The maximum Gasteiger partial charge on any atom is -0.00929 e. The van der Waals surface area contributed by atoms with Gasteiger partial charge in [-0.3, -0.25) is 0 Å². The van der Waals surface area contributed by atoms with Crippen LogP contribution in [0.3, 0.4) is 0 Å². The summed E-state index contributed by atoms with van der Waals surface area (Å²) in [5.41, 5.74) is 8.63. The van der Waals surface area contributed by atoms with Gasteiger partial charge in [0.25, 0.3) is 0 Å². The first-order valence-electron chi connectivity index (χ1n) is 6.74. The molecule has 0 aromatic carbocycles. The van der Waals surface area contributed by atoms with Gasteiger partial charge in [0.05, 0.1) is 0 Å². The van der Waals surface area contributed by atoms with Gasteiger partial charge < -0.3 is 0 Å². The third-order valence-corrected chi connectivity index (χ3v) is 3.72. The van der Waals surface area contributed by atoms with E-state index in [1.54, 1.807) is 5.57 Å². The summed E-state index contributed by atoms with van der Waals surface area (Å²) in [4.78, 5) is 0. The molecule has 0 atom stereocenters.